The molecule has 3 rings (SSSR count). The highest BCUT2D eigenvalue weighted by atomic mass is 19.1. The molecule has 1 saturated heterocycles. The Bertz CT molecular complexity index is 835. The van der Waals surface area contributed by atoms with Gasteiger partial charge in [-0.2, -0.15) is 0 Å². The van der Waals surface area contributed by atoms with Gasteiger partial charge in [-0.25, -0.2) is 4.39 Å². The lowest BCUT2D eigenvalue weighted by Crippen LogP contribution is -2.45. The van der Waals surface area contributed by atoms with Gasteiger partial charge in [-0.15, -0.1) is 0 Å². The van der Waals surface area contributed by atoms with Crippen molar-refractivity contribution < 1.29 is 19.0 Å². The largest absolute Gasteiger partial charge is 0.494 e. The average molecular weight is 445 g/mol. The van der Waals surface area contributed by atoms with E-state index in [-0.39, 0.29) is 11.6 Å². The van der Waals surface area contributed by atoms with E-state index in [1.807, 2.05) is 18.2 Å². The number of halogens is 1. The maximum Gasteiger partial charge on any atom is 0.165 e. The van der Waals surface area contributed by atoms with E-state index in [9.17, 15) is 9.50 Å². The summed E-state index contributed by atoms with van der Waals surface area (Å²) in [5.74, 6) is 0.838. The summed E-state index contributed by atoms with van der Waals surface area (Å²) < 4.78 is 24.7. The Labute approximate surface area is 191 Å². The third-order valence-corrected chi connectivity index (χ3v) is 6.37. The summed E-state index contributed by atoms with van der Waals surface area (Å²) in [7, 11) is 3.53. The van der Waals surface area contributed by atoms with Crippen LogP contribution in [0.3, 0.4) is 0 Å². The van der Waals surface area contributed by atoms with Gasteiger partial charge >= 0.3 is 0 Å². The van der Waals surface area contributed by atoms with Crippen LogP contribution in [0.25, 0.3) is 0 Å². The molecule has 176 valence electrons. The van der Waals surface area contributed by atoms with Gasteiger partial charge in [0.25, 0.3) is 0 Å². The zero-order chi connectivity index (χ0) is 23.0. The Morgan fingerprint density at radius 2 is 1.84 bits per heavy atom. The van der Waals surface area contributed by atoms with E-state index in [0.29, 0.717) is 6.54 Å². The van der Waals surface area contributed by atoms with Gasteiger partial charge in [0.15, 0.2) is 11.6 Å². The minimum atomic E-state index is -0.654. The number of piperidine rings is 1. The second-order valence-corrected chi connectivity index (χ2v) is 8.84. The van der Waals surface area contributed by atoms with Gasteiger partial charge < -0.3 is 19.5 Å². The number of unbranched alkanes of at least 4 members (excludes halogenated alkanes) is 1. The van der Waals surface area contributed by atoms with E-state index in [1.165, 1.54) is 13.2 Å². The predicted molar refractivity (Wildman–Crippen MR) is 127 cm³/mol. The summed E-state index contributed by atoms with van der Waals surface area (Å²) >= 11 is 0. The zero-order valence-corrected chi connectivity index (χ0v) is 19.6. The fourth-order valence-corrected chi connectivity index (χ4v) is 4.08. The minimum absolute atomic E-state index is 0.268. The Hall–Kier alpha value is -2.31. The van der Waals surface area contributed by atoms with E-state index < -0.39 is 5.60 Å². The van der Waals surface area contributed by atoms with Gasteiger partial charge in [0.05, 0.1) is 19.3 Å². The average Bonchev–Trinajstić information content (AvgIpc) is 2.80. The van der Waals surface area contributed by atoms with Crippen LogP contribution in [0.1, 0.15) is 44.6 Å². The fraction of sp³-hybridized carbons (Fsp3) is 0.538. The second-order valence-electron chi connectivity index (χ2n) is 8.84. The van der Waals surface area contributed by atoms with Gasteiger partial charge in [0, 0.05) is 38.9 Å². The molecule has 1 heterocycles. The zero-order valence-electron chi connectivity index (χ0n) is 19.6. The summed E-state index contributed by atoms with van der Waals surface area (Å²) in [5, 5.41) is 11.1. The normalized spacial score (nSPS) is 16.0. The number of ether oxygens (including phenoxy) is 2. The summed E-state index contributed by atoms with van der Waals surface area (Å²) in [6.45, 7) is 5.99. The molecular weight excluding hydrogens is 407 g/mol. The highest BCUT2D eigenvalue weighted by Gasteiger charge is 2.32. The van der Waals surface area contributed by atoms with Crippen LogP contribution >= 0.6 is 0 Å². The van der Waals surface area contributed by atoms with Crippen molar-refractivity contribution in [2.24, 2.45) is 0 Å². The molecule has 0 saturated carbocycles. The van der Waals surface area contributed by atoms with Crippen molar-refractivity contribution in [1.29, 1.82) is 0 Å². The predicted octanol–water partition coefficient (Wildman–Crippen LogP) is 4.87. The van der Waals surface area contributed by atoms with Crippen molar-refractivity contribution in [2.45, 2.75) is 51.2 Å². The third-order valence-electron chi connectivity index (χ3n) is 6.37. The number of rotatable bonds is 11. The van der Waals surface area contributed by atoms with Crippen LogP contribution in [0.5, 0.6) is 11.5 Å². The van der Waals surface area contributed by atoms with Crippen molar-refractivity contribution in [3.63, 3.8) is 0 Å². The number of nitrogens with zero attached hydrogens (tertiary/aromatic N) is 2. The molecule has 1 aliphatic heterocycles. The van der Waals surface area contributed by atoms with E-state index in [2.05, 4.69) is 35.9 Å². The van der Waals surface area contributed by atoms with E-state index in [1.54, 1.807) is 6.07 Å². The van der Waals surface area contributed by atoms with Crippen molar-refractivity contribution in [3.05, 3.63) is 53.8 Å². The highest BCUT2D eigenvalue weighted by molar-refractivity contribution is 5.48. The van der Waals surface area contributed by atoms with Crippen molar-refractivity contribution in [3.8, 4) is 11.5 Å². The van der Waals surface area contributed by atoms with Crippen molar-refractivity contribution in [1.82, 2.24) is 4.90 Å². The molecule has 0 aliphatic carbocycles. The smallest absolute Gasteiger partial charge is 0.165 e. The highest BCUT2D eigenvalue weighted by Crippen LogP contribution is 2.28. The summed E-state index contributed by atoms with van der Waals surface area (Å²) in [6, 6.07) is 13.3. The standard InChI is InChI=1S/C26H37FN2O3/c1-4-5-18-32-23-9-7-22(8-10-23)28(2)15-12-26(30)13-16-29(17-14-26)20-21-6-11-25(31-3)24(27)19-21/h6-11,19,30H,4-5,12-18,20H2,1-3H3. The Balaban J connectivity index is 1.43. The summed E-state index contributed by atoms with van der Waals surface area (Å²) in [6.07, 6.45) is 4.37. The first-order valence-electron chi connectivity index (χ1n) is 11.6. The molecule has 0 atom stereocenters. The fourth-order valence-electron chi connectivity index (χ4n) is 4.08. The van der Waals surface area contributed by atoms with E-state index in [0.717, 1.165) is 75.3 Å². The van der Waals surface area contributed by atoms with Gasteiger partial charge in [-0.1, -0.05) is 19.4 Å². The molecule has 5 nitrogen and oxygen atoms in total. The first kappa shape index (κ1) is 24.3. The lowest BCUT2D eigenvalue weighted by atomic mass is 9.88. The number of hydrogen-bond donors (Lipinski definition) is 1. The van der Waals surface area contributed by atoms with Crippen LogP contribution in [0.4, 0.5) is 10.1 Å². The molecule has 0 bridgehead atoms. The monoisotopic (exact) mass is 444 g/mol. The van der Waals surface area contributed by atoms with Crippen LogP contribution in [-0.4, -0.2) is 56.0 Å². The number of methoxy groups -OCH3 is 1. The molecule has 1 N–H and O–H groups in total. The van der Waals surface area contributed by atoms with Crippen LogP contribution in [0, 0.1) is 5.82 Å². The number of aliphatic hydroxyl groups is 1. The Morgan fingerprint density at radius 1 is 1.12 bits per heavy atom. The molecule has 0 radical (unpaired) electrons. The Kier molecular flexibility index (Phi) is 8.76. The molecule has 2 aromatic carbocycles. The Morgan fingerprint density at radius 3 is 2.47 bits per heavy atom. The van der Waals surface area contributed by atoms with Gasteiger partial charge in [-0.05, 0) is 67.6 Å². The lowest BCUT2D eigenvalue weighted by molar-refractivity contribution is -0.0275. The molecule has 1 fully saturated rings. The SMILES string of the molecule is CCCCOc1ccc(N(C)CCC2(O)CCN(Cc3ccc(OC)c(F)c3)CC2)cc1. The summed E-state index contributed by atoms with van der Waals surface area (Å²) in [4.78, 5) is 4.46. The van der Waals surface area contributed by atoms with Crippen LogP contribution in [-0.2, 0) is 6.54 Å². The van der Waals surface area contributed by atoms with Crippen LogP contribution in [0.2, 0.25) is 0 Å². The lowest BCUT2D eigenvalue weighted by Gasteiger charge is -2.39. The maximum atomic E-state index is 13.9. The van der Waals surface area contributed by atoms with Gasteiger partial charge in [-0.3, -0.25) is 4.90 Å². The van der Waals surface area contributed by atoms with Crippen LogP contribution < -0.4 is 14.4 Å². The van der Waals surface area contributed by atoms with Gasteiger partial charge in [0.1, 0.15) is 5.75 Å². The van der Waals surface area contributed by atoms with Crippen molar-refractivity contribution in [2.75, 3.05) is 45.3 Å². The molecule has 6 heteroatoms. The van der Waals surface area contributed by atoms with Crippen molar-refractivity contribution >= 4 is 5.69 Å². The number of hydrogen-bond acceptors (Lipinski definition) is 5. The van der Waals surface area contributed by atoms with E-state index in [4.69, 9.17) is 9.47 Å². The summed E-state index contributed by atoms with van der Waals surface area (Å²) in [5.41, 5.74) is 1.39. The molecule has 0 spiro atoms. The first-order valence-corrected chi connectivity index (χ1v) is 11.6. The third kappa shape index (κ3) is 6.84. The quantitative estimate of drug-likeness (QED) is 0.501. The van der Waals surface area contributed by atoms with Crippen LogP contribution in [0.15, 0.2) is 42.5 Å². The number of anilines is 1. The molecule has 2 aromatic rings. The molecule has 1 aliphatic rings. The maximum absolute atomic E-state index is 13.9. The van der Waals surface area contributed by atoms with Gasteiger partial charge in [0.2, 0.25) is 0 Å². The topological polar surface area (TPSA) is 45.2 Å². The molecular formula is C26H37FN2O3. The number of benzene rings is 2. The molecule has 32 heavy (non-hydrogen) atoms. The second kappa shape index (κ2) is 11.5. The number of likely N-dealkylation sites (tertiary alicyclic amines) is 1. The minimum Gasteiger partial charge on any atom is -0.494 e. The first-order chi connectivity index (χ1) is 15.4. The van der Waals surface area contributed by atoms with E-state index >= 15 is 0 Å². The molecule has 0 amide bonds. The molecule has 0 unspecified atom stereocenters. The molecule has 0 aromatic heterocycles.